The van der Waals surface area contributed by atoms with Crippen LogP contribution >= 0.6 is 11.3 Å². The van der Waals surface area contributed by atoms with Gasteiger partial charge in [0.1, 0.15) is 16.9 Å². The van der Waals surface area contributed by atoms with E-state index in [2.05, 4.69) is 20.8 Å². The summed E-state index contributed by atoms with van der Waals surface area (Å²) in [6.45, 7) is 0.591. The molecule has 5 aliphatic rings. The Balaban J connectivity index is 1.11. The van der Waals surface area contributed by atoms with E-state index in [1.165, 1.54) is 42.7 Å². The van der Waals surface area contributed by atoms with Gasteiger partial charge in [-0.05, 0) is 93.4 Å². The number of nitrogens with one attached hydrogen (secondary N) is 2. The van der Waals surface area contributed by atoms with Crippen LogP contribution < -0.4 is 10.6 Å². The molecule has 5 fully saturated rings. The van der Waals surface area contributed by atoms with E-state index in [-0.39, 0.29) is 23.3 Å². The van der Waals surface area contributed by atoms with Gasteiger partial charge >= 0.3 is 6.03 Å². The molecule has 3 amide bonds. The molecule has 9 heteroatoms. The maximum atomic E-state index is 13.3. The van der Waals surface area contributed by atoms with Gasteiger partial charge in [0.15, 0.2) is 0 Å². The highest BCUT2D eigenvalue weighted by Gasteiger charge is 2.52. The van der Waals surface area contributed by atoms with Crippen LogP contribution in [-0.4, -0.2) is 45.2 Å². The monoisotopic (exact) mass is 469 g/mol. The van der Waals surface area contributed by atoms with Gasteiger partial charge in [0.2, 0.25) is 11.0 Å². The predicted octanol–water partition coefficient (Wildman–Crippen LogP) is 4.43. The number of urea groups is 1. The Morgan fingerprint density at radius 1 is 1.03 bits per heavy atom. The van der Waals surface area contributed by atoms with Crippen molar-refractivity contribution < 1.29 is 14.0 Å². The maximum Gasteiger partial charge on any atom is 0.318 e. The van der Waals surface area contributed by atoms with Crippen LogP contribution in [0.4, 0.5) is 14.3 Å². The number of carbonyl (C=O) groups is 2. The highest BCUT2D eigenvalue weighted by atomic mass is 32.1. The standard InChI is InChI=1S/C24H28FN5O2S/c25-18-5-3-17(4-6-18)21-28-29-22(33-21)26-20(31)19-2-1-7-30(19)23(32)27-24-11-14-8-15(12-24)10-16(9-14)13-24/h3-6,14-16,19H,1-2,7-13H2,(H,27,32)(H,26,29,31). The summed E-state index contributed by atoms with van der Waals surface area (Å²) in [6.07, 6.45) is 8.70. The van der Waals surface area contributed by atoms with Crippen molar-refractivity contribution in [2.45, 2.75) is 62.9 Å². The first kappa shape index (κ1) is 21.0. The van der Waals surface area contributed by atoms with E-state index in [0.29, 0.717) is 23.1 Å². The molecule has 174 valence electrons. The largest absolute Gasteiger partial charge is 0.333 e. The lowest BCUT2D eigenvalue weighted by molar-refractivity contribution is -0.119. The zero-order chi connectivity index (χ0) is 22.6. The quantitative estimate of drug-likeness (QED) is 0.694. The zero-order valence-corrected chi connectivity index (χ0v) is 19.2. The van der Waals surface area contributed by atoms with Crippen molar-refractivity contribution in [2.75, 3.05) is 11.9 Å². The number of benzene rings is 1. The number of aromatic nitrogens is 2. The van der Waals surface area contributed by atoms with Gasteiger partial charge in [-0.1, -0.05) is 11.3 Å². The number of rotatable bonds is 4. The van der Waals surface area contributed by atoms with Crippen LogP contribution in [-0.2, 0) is 4.79 Å². The lowest BCUT2D eigenvalue weighted by Gasteiger charge is -2.57. The van der Waals surface area contributed by atoms with E-state index in [9.17, 15) is 14.0 Å². The number of amides is 3. The lowest BCUT2D eigenvalue weighted by Crippen LogP contribution is -2.62. The van der Waals surface area contributed by atoms with Crippen LogP contribution in [0.5, 0.6) is 0 Å². The number of anilines is 1. The van der Waals surface area contributed by atoms with Crippen molar-refractivity contribution in [1.29, 1.82) is 0 Å². The third kappa shape index (κ3) is 4.00. The fraction of sp³-hybridized carbons (Fsp3) is 0.583. The molecule has 1 atom stereocenters. The van der Waals surface area contributed by atoms with E-state index in [0.717, 1.165) is 49.0 Å². The number of halogens is 1. The molecule has 1 unspecified atom stereocenters. The Bertz CT molecular complexity index is 1040. The molecule has 4 bridgehead atoms. The summed E-state index contributed by atoms with van der Waals surface area (Å²) in [4.78, 5) is 28.0. The van der Waals surface area contributed by atoms with Gasteiger partial charge in [0, 0.05) is 17.6 Å². The molecule has 2 N–H and O–H groups in total. The fourth-order valence-corrected chi connectivity index (χ4v) is 7.77. The predicted molar refractivity (Wildman–Crippen MR) is 123 cm³/mol. The number of hydrogen-bond donors (Lipinski definition) is 2. The molecule has 33 heavy (non-hydrogen) atoms. The second kappa shape index (κ2) is 8.04. The van der Waals surface area contributed by atoms with Crippen LogP contribution in [0.15, 0.2) is 24.3 Å². The molecule has 7 nitrogen and oxygen atoms in total. The van der Waals surface area contributed by atoms with E-state index in [1.54, 1.807) is 17.0 Å². The molecule has 4 aliphatic carbocycles. The summed E-state index contributed by atoms with van der Waals surface area (Å²) < 4.78 is 13.2. The van der Waals surface area contributed by atoms with Crippen molar-refractivity contribution >= 4 is 28.4 Å². The van der Waals surface area contributed by atoms with Crippen molar-refractivity contribution in [2.24, 2.45) is 17.8 Å². The summed E-state index contributed by atoms with van der Waals surface area (Å²) >= 11 is 1.24. The Labute approximate surface area is 196 Å². The molecule has 0 radical (unpaired) electrons. The second-order valence-electron chi connectivity index (χ2n) is 10.4. The van der Waals surface area contributed by atoms with Crippen molar-refractivity contribution in [1.82, 2.24) is 20.4 Å². The van der Waals surface area contributed by atoms with Crippen molar-refractivity contribution in [3.05, 3.63) is 30.1 Å². The lowest BCUT2D eigenvalue weighted by atomic mass is 9.53. The number of carbonyl (C=O) groups excluding carboxylic acids is 2. The first-order valence-electron chi connectivity index (χ1n) is 12.0. The molecule has 4 saturated carbocycles. The topological polar surface area (TPSA) is 87.2 Å². The molecular weight excluding hydrogens is 441 g/mol. The smallest absolute Gasteiger partial charge is 0.318 e. The molecule has 2 aromatic rings. The SMILES string of the molecule is O=C(Nc1nnc(-c2ccc(F)cc2)s1)C1CCCN1C(=O)NC12CC3CC(CC(C3)C1)C2. The number of nitrogens with zero attached hydrogens (tertiary/aromatic N) is 3. The Morgan fingerprint density at radius 2 is 1.70 bits per heavy atom. The minimum atomic E-state index is -0.503. The number of likely N-dealkylation sites (tertiary alicyclic amines) is 1. The molecule has 1 saturated heterocycles. The van der Waals surface area contributed by atoms with Crippen LogP contribution in [0.25, 0.3) is 10.6 Å². The normalized spacial score (nSPS) is 32.2. The van der Waals surface area contributed by atoms with Crippen LogP contribution in [0.1, 0.15) is 51.4 Å². The summed E-state index contributed by atoms with van der Waals surface area (Å²) in [5.74, 6) is 1.71. The minimum Gasteiger partial charge on any atom is -0.333 e. The van der Waals surface area contributed by atoms with Crippen LogP contribution in [0.2, 0.25) is 0 Å². The van der Waals surface area contributed by atoms with Gasteiger partial charge in [-0.15, -0.1) is 10.2 Å². The Kier molecular flexibility index (Phi) is 5.12. The van der Waals surface area contributed by atoms with Gasteiger partial charge in [-0.2, -0.15) is 0 Å². The second-order valence-corrected chi connectivity index (χ2v) is 11.4. The molecule has 1 aromatic carbocycles. The first-order chi connectivity index (χ1) is 16.0. The third-order valence-electron chi connectivity index (χ3n) is 7.97. The van der Waals surface area contributed by atoms with Gasteiger partial charge in [-0.3, -0.25) is 10.1 Å². The fourth-order valence-electron chi connectivity index (χ4n) is 7.02. The molecule has 7 rings (SSSR count). The third-order valence-corrected chi connectivity index (χ3v) is 8.86. The average molecular weight is 470 g/mol. The maximum absolute atomic E-state index is 13.3. The van der Waals surface area contributed by atoms with Gasteiger partial charge in [-0.25, -0.2) is 9.18 Å². The number of hydrogen-bond acceptors (Lipinski definition) is 5. The van der Waals surface area contributed by atoms with Gasteiger partial charge in [0.05, 0.1) is 0 Å². The highest BCUT2D eigenvalue weighted by molar-refractivity contribution is 7.18. The zero-order valence-electron chi connectivity index (χ0n) is 18.4. The van der Waals surface area contributed by atoms with Crippen molar-refractivity contribution in [3.8, 4) is 10.6 Å². The van der Waals surface area contributed by atoms with E-state index in [4.69, 9.17) is 0 Å². The molecular formula is C24H28FN5O2S. The Morgan fingerprint density at radius 3 is 2.36 bits per heavy atom. The summed E-state index contributed by atoms with van der Waals surface area (Å²) in [7, 11) is 0. The molecule has 1 aliphatic heterocycles. The summed E-state index contributed by atoms with van der Waals surface area (Å²) in [6, 6.07) is 5.40. The van der Waals surface area contributed by atoms with Crippen LogP contribution in [0, 0.1) is 23.6 Å². The summed E-state index contributed by atoms with van der Waals surface area (Å²) in [5.41, 5.74) is 0.672. The highest BCUT2D eigenvalue weighted by Crippen LogP contribution is 2.55. The minimum absolute atomic E-state index is 0.0707. The van der Waals surface area contributed by atoms with Gasteiger partial charge < -0.3 is 10.2 Å². The Hall–Kier alpha value is -2.55. The average Bonchev–Trinajstić information content (AvgIpc) is 3.43. The molecule has 0 spiro atoms. The van der Waals surface area contributed by atoms with E-state index < -0.39 is 6.04 Å². The van der Waals surface area contributed by atoms with Crippen LogP contribution in [0.3, 0.4) is 0 Å². The van der Waals surface area contributed by atoms with Crippen molar-refractivity contribution in [3.63, 3.8) is 0 Å². The van der Waals surface area contributed by atoms with E-state index in [1.807, 2.05) is 0 Å². The molecule has 2 heterocycles. The van der Waals surface area contributed by atoms with E-state index >= 15 is 0 Å². The first-order valence-corrected chi connectivity index (χ1v) is 12.8. The summed E-state index contributed by atoms with van der Waals surface area (Å²) in [5, 5.41) is 15.4. The molecule has 1 aromatic heterocycles. The van der Waals surface area contributed by atoms with Gasteiger partial charge in [0.25, 0.3) is 0 Å².